The summed E-state index contributed by atoms with van der Waals surface area (Å²) < 4.78 is 33.1. The zero-order valence-electron chi connectivity index (χ0n) is 101. The van der Waals surface area contributed by atoms with Crippen LogP contribution in [0.3, 0.4) is 0 Å². The van der Waals surface area contributed by atoms with Crippen molar-refractivity contribution in [1.82, 2.24) is 0 Å². The van der Waals surface area contributed by atoms with Crippen molar-refractivity contribution in [2.75, 3.05) is 13.7 Å². The van der Waals surface area contributed by atoms with Gasteiger partial charge in [0, 0.05) is 14.0 Å². The van der Waals surface area contributed by atoms with E-state index in [0.717, 1.165) is 256 Å². The van der Waals surface area contributed by atoms with Crippen LogP contribution in [0.1, 0.15) is 514 Å². The molecule has 13 heteroatoms. The minimum atomic E-state index is -3.05. The summed E-state index contributed by atoms with van der Waals surface area (Å²) in [6.45, 7) is 59.5. The van der Waals surface area contributed by atoms with E-state index in [1.54, 1.807) is 12.7 Å². The SMILES string of the molecule is CC(C)CC[C@@H](O)[C@@H](C)[C@H]1CC[C@H]2[C@@H]3CC[C@@H]4C[C@@](C)(O)CC[C@]4(C)[C@H]3CC[C@]12C.CCC[C@H](O)[C@@H](C)[C@H]1CC[C@H]2[C@@H]3CC[C@H]4C[C@](O)(CC)CC[C@]4(C)[C@H]3CC[C@]12C.CC[C@]1(O)CC[C@@]2(C)C(=CC[C@H]3[C@@H]4CC[C@H]([C@H](C)[C@@H](O)C(C)C)[C@@]4(C)CC[C@@H]32)C1.CC[C@]1(O)CC[C@H]2[C@@H](CC[C@@H]3[C@@H]2CC[C@]2(C)[C@@H]([C@H](C)[C@H](O)CCC(C)C)CC[C@@H]32)C1.COC[C@]1(O)CC[C@@]2(C)C(=CC[C@H]3[C@@H]4CC[C@H]([C@H](C)[C@H](O)C(C)(F)F)[C@@]4(C)CC[C@@H]32)C1. The molecule has 0 unspecified atom stereocenters. The maximum absolute atomic E-state index is 13.9. The highest BCUT2D eigenvalue weighted by molar-refractivity contribution is 5.30. The van der Waals surface area contributed by atoms with Gasteiger partial charge in [-0.3, -0.25) is 0 Å². The Hall–Kier alpha value is -1.10. The van der Waals surface area contributed by atoms with Crippen LogP contribution in [0, 0.1) is 238 Å². The summed E-state index contributed by atoms with van der Waals surface area (Å²) in [5, 5.41) is 108. The summed E-state index contributed by atoms with van der Waals surface area (Å²) in [6.07, 6.45) is 63.9. The minimum Gasteiger partial charge on any atom is -0.393 e. The average Bonchev–Trinajstić information content (AvgIpc) is 1.69. The first kappa shape index (κ1) is 120. The molecule has 0 aromatic carbocycles. The highest BCUT2D eigenvalue weighted by Gasteiger charge is 2.69. The first-order valence-corrected chi connectivity index (χ1v) is 65.0. The fourth-order valence-electron chi connectivity index (χ4n) is 45.4. The highest BCUT2D eigenvalue weighted by atomic mass is 19.3. The minimum absolute atomic E-state index is 0.0277. The van der Waals surface area contributed by atoms with Crippen LogP contribution >= 0.6 is 0 Å². The molecule has 20 aliphatic carbocycles. The molecule has 149 heavy (non-hydrogen) atoms. The molecule has 0 aromatic heterocycles. The summed E-state index contributed by atoms with van der Waals surface area (Å²) in [5.74, 6) is 18.2. The van der Waals surface area contributed by atoms with Gasteiger partial charge < -0.3 is 55.8 Å². The largest absolute Gasteiger partial charge is 0.393 e. The molecule has 0 amide bonds. The number of aliphatic hydroxyl groups is 10. The van der Waals surface area contributed by atoms with Gasteiger partial charge >= 0.3 is 0 Å². The molecule has 0 bridgehead atoms. The van der Waals surface area contributed by atoms with E-state index >= 15 is 0 Å². The van der Waals surface area contributed by atoms with Crippen LogP contribution in [-0.2, 0) is 4.74 Å². The van der Waals surface area contributed by atoms with Gasteiger partial charge in [0.05, 0.1) is 59.0 Å². The second-order valence-electron chi connectivity index (χ2n) is 63.2. The summed E-state index contributed by atoms with van der Waals surface area (Å²) in [7, 11) is 1.65. The van der Waals surface area contributed by atoms with Gasteiger partial charge in [-0.25, -0.2) is 8.78 Å². The Morgan fingerprint density at radius 1 is 0.322 bits per heavy atom. The van der Waals surface area contributed by atoms with Crippen LogP contribution in [0.25, 0.3) is 0 Å². The van der Waals surface area contributed by atoms with Crippen LogP contribution in [0.4, 0.5) is 8.78 Å². The molecule has 0 saturated heterocycles. The molecule has 18 saturated carbocycles. The molecule has 48 atom stereocenters. The smallest absolute Gasteiger partial charge is 0.270 e. The number of methoxy groups -OCH3 is 1. The van der Waals surface area contributed by atoms with Crippen LogP contribution < -0.4 is 0 Å². The number of hydrogen-bond donors (Lipinski definition) is 10. The monoisotopic (exact) mass is 2080 g/mol. The predicted molar refractivity (Wildman–Crippen MR) is 609 cm³/mol. The normalized spacial score (nSPS) is 49.2. The second kappa shape index (κ2) is 45.6. The van der Waals surface area contributed by atoms with Crippen molar-refractivity contribution >= 4 is 0 Å². The molecule has 860 valence electrons. The molecule has 0 aliphatic heterocycles. The topological polar surface area (TPSA) is 212 Å². The van der Waals surface area contributed by atoms with E-state index < -0.39 is 34.7 Å². The van der Waals surface area contributed by atoms with Crippen LogP contribution in [0.2, 0.25) is 0 Å². The number of alkyl halides is 2. The first-order valence-electron chi connectivity index (χ1n) is 65.0. The standard InChI is InChI=1S/2C28H50O2.C27H46O2.C27H48O2.C26H42F2O3/c1-18(2)7-12-25(29)19(3)22-10-11-23-21-9-8-20-17-26(4,30)15-16-27(20,5)24(21)13-14-28(22,23)6;1-6-28(30)16-14-21-20(17-28)8-9-23-22(21)13-15-27(5)24(10-11-25(23)27)19(4)26(29)12-7-18(2)3;1-7-27(29)15-14-25(5)19(16-27)8-9-20-22-11-10-21(18(4)24(28)17(2)3)26(22,6)13-12-23(20)25;1-6-8-24(28)18(3)21-11-12-22-20-10-9-19-17-27(29,7-2)16-15-25(19,4)23(20)13-14-26(21,22)5;1-16(22(29)25(4,27)28)19-8-9-20-18-7-6-17-14-26(30,15-31-5)13-12-23(17,2)21(18)10-11-24(19,20)3/h18-25,29-30H,7-17H2,1-6H3;18-26,29-30H,6-17H2,1-5H3;8,17-18,20-24,28-29H,7,9-16H2,1-6H3;18-24,28-29H,6-17H2,1-5H3;6,16,18-22,29-30H,7-15H2,1-5H3/t19-,20+,21-,22+,23-,24-,25+,26-,27-,28+;19-,20-,21-,22+,23+,24+,25-,26+,27+,28-;18-,20-,21+,22-,23-,24-,25-,26+,27-;18-,19-,20-,21+,22-,23-,24-,25-,26+,27-;16-,18-,19+,20-,21-,22-,23-,24+,26-/m00000/s1. The van der Waals surface area contributed by atoms with Crippen molar-refractivity contribution in [3.8, 4) is 0 Å². The number of rotatable bonds is 25. The Balaban J connectivity index is 0.000000133. The molecule has 0 heterocycles. The number of aliphatic hydroxyl groups excluding tert-OH is 5. The lowest BCUT2D eigenvalue weighted by Crippen LogP contribution is -2.56. The number of halogens is 2. The van der Waals surface area contributed by atoms with Crippen molar-refractivity contribution in [2.24, 2.45) is 238 Å². The molecule has 20 aliphatic rings. The Morgan fingerprint density at radius 3 is 1.10 bits per heavy atom. The van der Waals surface area contributed by atoms with Gasteiger partial charge in [0.15, 0.2) is 0 Å². The second-order valence-corrected chi connectivity index (χ2v) is 63.2. The van der Waals surface area contributed by atoms with Crippen molar-refractivity contribution < 1.29 is 64.6 Å². The summed E-state index contributed by atoms with van der Waals surface area (Å²) in [4.78, 5) is 0. The van der Waals surface area contributed by atoms with Gasteiger partial charge in [0.1, 0.15) is 6.10 Å². The third-order valence-corrected chi connectivity index (χ3v) is 55.0. The van der Waals surface area contributed by atoms with E-state index in [4.69, 9.17) is 4.74 Å². The zero-order valence-corrected chi connectivity index (χ0v) is 101. The molecule has 10 N–H and O–H groups in total. The third kappa shape index (κ3) is 22.5. The molecule has 0 spiro atoms. The molecule has 20 rings (SSSR count). The van der Waals surface area contributed by atoms with E-state index in [0.29, 0.717) is 134 Å². The number of hydrogen-bond acceptors (Lipinski definition) is 11. The van der Waals surface area contributed by atoms with Crippen LogP contribution in [0.5, 0.6) is 0 Å². The van der Waals surface area contributed by atoms with E-state index in [9.17, 15) is 59.8 Å². The molecule has 18 fully saturated rings. The first-order chi connectivity index (χ1) is 69.8. The maximum atomic E-state index is 13.9. The van der Waals surface area contributed by atoms with Gasteiger partial charge in [-0.2, -0.15) is 0 Å². The van der Waals surface area contributed by atoms with Gasteiger partial charge in [-0.15, -0.1) is 0 Å². The third-order valence-electron chi connectivity index (χ3n) is 55.0. The summed E-state index contributed by atoms with van der Waals surface area (Å²) in [6, 6.07) is 0. The summed E-state index contributed by atoms with van der Waals surface area (Å²) in [5.41, 5.74) is 3.71. The Morgan fingerprint density at radius 2 is 0.678 bits per heavy atom. The maximum Gasteiger partial charge on any atom is 0.270 e. The lowest BCUT2D eigenvalue weighted by Gasteiger charge is -2.62. The fourth-order valence-corrected chi connectivity index (χ4v) is 45.4. The van der Waals surface area contributed by atoms with Crippen molar-refractivity contribution in [1.29, 1.82) is 0 Å². The van der Waals surface area contributed by atoms with Gasteiger partial charge in [-0.05, 0) is 572 Å². The zero-order chi connectivity index (χ0) is 109. The molecule has 0 radical (unpaired) electrons. The van der Waals surface area contributed by atoms with E-state index in [1.165, 1.54) is 179 Å². The average molecular weight is 2090 g/mol. The fraction of sp³-hybridized carbons (Fsp3) is 0.971. The van der Waals surface area contributed by atoms with Crippen molar-refractivity contribution in [3.63, 3.8) is 0 Å². The van der Waals surface area contributed by atoms with Gasteiger partial charge in [0.2, 0.25) is 0 Å². The number of fused-ring (bicyclic) bond motifs is 25. The summed E-state index contributed by atoms with van der Waals surface area (Å²) >= 11 is 0. The van der Waals surface area contributed by atoms with Gasteiger partial charge in [-0.1, -0.05) is 196 Å². The van der Waals surface area contributed by atoms with Crippen LogP contribution in [0.15, 0.2) is 23.3 Å². The van der Waals surface area contributed by atoms with E-state index in [-0.39, 0.29) is 52.4 Å². The molecular formula is C136H236F2O11. The highest BCUT2D eigenvalue weighted by Crippen LogP contribution is 2.76. The van der Waals surface area contributed by atoms with Crippen molar-refractivity contribution in [2.45, 2.75) is 578 Å². The number of allylic oxidation sites excluding steroid dienone is 2. The van der Waals surface area contributed by atoms with Crippen molar-refractivity contribution in [3.05, 3.63) is 23.3 Å². The van der Waals surface area contributed by atoms with E-state index in [1.807, 2.05) is 6.92 Å². The number of ether oxygens (including phenoxy) is 1. The molecule has 0 aromatic rings. The lowest BCUT2D eigenvalue weighted by molar-refractivity contribution is -0.154. The molecule has 11 nitrogen and oxygen atoms in total. The Kier molecular flexibility index (Phi) is 36.8. The van der Waals surface area contributed by atoms with E-state index in [2.05, 4.69) is 178 Å². The lowest BCUT2D eigenvalue weighted by atomic mass is 9.43. The quantitative estimate of drug-likeness (QED) is 0.0389. The van der Waals surface area contributed by atoms with Gasteiger partial charge in [0.25, 0.3) is 5.92 Å². The Bertz CT molecular complexity index is 4420. The molecular weight excluding hydrogens is 1850 g/mol. The van der Waals surface area contributed by atoms with Crippen LogP contribution in [-0.4, -0.2) is 129 Å². The predicted octanol–water partition coefficient (Wildman–Crippen LogP) is 32.2. The Labute approximate surface area is 912 Å².